The van der Waals surface area contributed by atoms with E-state index in [1.165, 1.54) is 0 Å². The summed E-state index contributed by atoms with van der Waals surface area (Å²) in [6.07, 6.45) is 4.73. The number of nitrogens with one attached hydrogen (secondary N) is 1. The Morgan fingerprint density at radius 1 is 1.62 bits per heavy atom. The van der Waals surface area contributed by atoms with Crippen molar-refractivity contribution in [2.45, 2.75) is 45.2 Å². The second-order valence-electron chi connectivity index (χ2n) is 5.73. The third-order valence-electron chi connectivity index (χ3n) is 4.30. The fourth-order valence-electron chi connectivity index (χ4n) is 2.64. The number of nitrogens with two attached hydrogens (primary N) is 1. The summed E-state index contributed by atoms with van der Waals surface area (Å²) in [6.45, 7) is 5.62. The summed E-state index contributed by atoms with van der Waals surface area (Å²) < 4.78 is 0. The number of rotatable bonds is 6. The third-order valence-corrected chi connectivity index (χ3v) is 4.30. The topological polar surface area (TPSA) is 84.1 Å². The molecule has 1 aromatic heterocycles. The van der Waals surface area contributed by atoms with E-state index in [1.54, 1.807) is 6.20 Å². The first-order chi connectivity index (χ1) is 10.1. The lowest BCUT2D eigenvalue weighted by Gasteiger charge is -2.26. The number of hydrogen-bond acceptors (Lipinski definition) is 5. The molecule has 21 heavy (non-hydrogen) atoms. The molecular weight excluding hydrogens is 266 g/mol. The van der Waals surface area contributed by atoms with Crippen LogP contribution >= 0.6 is 0 Å². The summed E-state index contributed by atoms with van der Waals surface area (Å²) in [5.74, 6) is 1.01. The normalized spacial score (nSPS) is 21.1. The molecule has 2 rings (SSSR count). The fraction of sp³-hybridized carbons (Fsp3) is 0.667. The maximum absolute atomic E-state index is 12.1. The van der Waals surface area contributed by atoms with Crippen LogP contribution in [0.25, 0.3) is 0 Å². The van der Waals surface area contributed by atoms with Gasteiger partial charge in [-0.2, -0.15) is 5.10 Å². The number of anilines is 1. The summed E-state index contributed by atoms with van der Waals surface area (Å²) in [5, 5.41) is 11.1. The fourth-order valence-corrected chi connectivity index (χ4v) is 2.64. The molecule has 3 N–H and O–H groups in total. The van der Waals surface area contributed by atoms with Crippen LogP contribution in [-0.4, -0.2) is 41.3 Å². The Morgan fingerprint density at radius 3 is 3.10 bits per heavy atom. The standard InChI is InChI=1S/C15H25N5O/c1-3-11(2)14(16)15(21)17-10-12-6-5-9-20(12)13-7-4-8-18-19-13/h4,7-8,11-12,14H,3,5-6,9-10,16H2,1-2H3,(H,17,21). The molecule has 0 bridgehead atoms. The Morgan fingerprint density at radius 2 is 2.43 bits per heavy atom. The molecule has 3 atom stereocenters. The predicted molar refractivity (Wildman–Crippen MR) is 82.8 cm³/mol. The average molecular weight is 291 g/mol. The maximum atomic E-state index is 12.1. The molecule has 0 radical (unpaired) electrons. The molecule has 0 spiro atoms. The number of amides is 1. The molecule has 116 valence electrons. The van der Waals surface area contributed by atoms with Crippen LogP contribution in [0.4, 0.5) is 5.82 Å². The van der Waals surface area contributed by atoms with E-state index in [-0.39, 0.29) is 17.9 Å². The molecule has 1 amide bonds. The van der Waals surface area contributed by atoms with Crippen molar-refractivity contribution in [3.63, 3.8) is 0 Å². The van der Waals surface area contributed by atoms with Crippen molar-refractivity contribution in [2.24, 2.45) is 11.7 Å². The number of carbonyl (C=O) groups is 1. The highest BCUT2D eigenvalue weighted by Gasteiger charge is 2.27. The molecule has 0 saturated carbocycles. The van der Waals surface area contributed by atoms with Gasteiger partial charge in [0, 0.05) is 25.3 Å². The molecule has 6 nitrogen and oxygen atoms in total. The first-order valence-corrected chi connectivity index (χ1v) is 7.71. The molecule has 1 aliphatic heterocycles. The summed E-state index contributed by atoms with van der Waals surface area (Å²) in [4.78, 5) is 14.3. The van der Waals surface area contributed by atoms with Crippen LogP contribution in [-0.2, 0) is 4.79 Å². The van der Waals surface area contributed by atoms with E-state index in [1.807, 2.05) is 26.0 Å². The molecule has 3 unspecified atom stereocenters. The number of hydrogen-bond donors (Lipinski definition) is 2. The molecular formula is C15H25N5O. The lowest BCUT2D eigenvalue weighted by Crippen LogP contribution is -2.48. The first kappa shape index (κ1) is 15.7. The minimum atomic E-state index is -0.429. The predicted octanol–water partition coefficient (Wildman–Crippen LogP) is 0.935. The van der Waals surface area contributed by atoms with E-state index in [2.05, 4.69) is 20.4 Å². The van der Waals surface area contributed by atoms with Gasteiger partial charge in [-0.3, -0.25) is 4.79 Å². The van der Waals surface area contributed by atoms with Crippen molar-refractivity contribution in [1.29, 1.82) is 0 Å². The van der Waals surface area contributed by atoms with E-state index in [0.717, 1.165) is 31.6 Å². The zero-order valence-electron chi connectivity index (χ0n) is 12.8. The van der Waals surface area contributed by atoms with Gasteiger partial charge in [-0.05, 0) is 30.9 Å². The van der Waals surface area contributed by atoms with Crippen molar-refractivity contribution in [2.75, 3.05) is 18.0 Å². The summed E-state index contributed by atoms with van der Waals surface area (Å²) in [5.41, 5.74) is 5.95. The minimum Gasteiger partial charge on any atom is -0.353 e. The van der Waals surface area contributed by atoms with Gasteiger partial charge < -0.3 is 16.0 Å². The molecule has 6 heteroatoms. The van der Waals surface area contributed by atoms with E-state index in [4.69, 9.17) is 5.73 Å². The van der Waals surface area contributed by atoms with Gasteiger partial charge in [0.05, 0.1) is 6.04 Å². The van der Waals surface area contributed by atoms with E-state index < -0.39 is 6.04 Å². The van der Waals surface area contributed by atoms with Crippen LogP contribution in [0.5, 0.6) is 0 Å². The van der Waals surface area contributed by atoms with Crippen molar-refractivity contribution in [3.05, 3.63) is 18.3 Å². The van der Waals surface area contributed by atoms with Crippen LogP contribution in [0.15, 0.2) is 18.3 Å². The monoisotopic (exact) mass is 291 g/mol. The highest BCUT2D eigenvalue weighted by atomic mass is 16.2. The molecule has 1 aliphatic rings. The highest BCUT2D eigenvalue weighted by Crippen LogP contribution is 2.22. The van der Waals surface area contributed by atoms with Crippen molar-refractivity contribution >= 4 is 11.7 Å². The van der Waals surface area contributed by atoms with Crippen LogP contribution in [0, 0.1) is 5.92 Å². The number of aromatic nitrogens is 2. The summed E-state index contributed by atoms with van der Waals surface area (Å²) in [6, 6.07) is 3.68. The maximum Gasteiger partial charge on any atom is 0.237 e. The van der Waals surface area contributed by atoms with Crippen LogP contribution in [0.1, 0.15) is 33.1 Å². The SMILES string of the molecule is CCC(C)C(N)C(=O)NCC1CCCN1c1cccnn1. The largest absolute Gasteiger partial charge is 0.353 e. The van der Waals surface area contributed by atoms with Gasteiger partial charge in [0.1, 0.15) is 0 Å². The molecule has 1 fully saturated rings. The van der Waals surface area contributed by atoms with Gasteiger partial charge in [0.2, 0.25) is 5.91 Å². The van der Waals surface area contributed by atoms with Gasteiger partial charge in [0.25, 0.3) is 0 Å². The lowest BCUT2D eigenvalue weighted by atomic mass is 9.99. The Labute approximate surface area is 126 Å². The Hall–Kier alpha value is -1.69. The highest BCUT2D eigenvalue weighted by molar-refractivity contribution is 5.81. The van der Waals surface area contributed by atoms with Crippen LogP contribution in [0.2, 0.25) is 0 Å². The molecule has 0 aromatic carbocycles. The quantitative estimate of drug-likeness (QED) is 0.814. The number of carbonyl (C=O) groups excluding carboxylic acids is 1. The van der Waals surface area contributed by atoms with E-state index in [0.29, 0.717) is 6.54 Å². The van der Waals surface area contributed by atoms with Gasteiger partial charge in [-0.25, -0.2) is 0 Å². The van der Waals surface area contributed by atoms with Gasteiger partial charge in [-0.1, -0.05) is 20.3 Å². The van der Waals surface area contributed by atoms with Crippen molar-refractivity contribution in [1.82, 2.24) is 15.5 Å². The van der Waals surface area contributed by atoms with E-state index >= 15 is 0 Å². The van der Waals surface area contributed by atoms with Crippen LogP contribution in [0.3, 0.4) is 0 Å². The molecule has 0 aliphatic carbocycles. The average Bonchev–Trinajstić information content (AvgIpc) is 3.00. The molecule has 1 saturated heterocycles. The Kier molecular flexibility index (Phi) is 5.50. The number of nitrogens with zero attached hydrogens (tertiary/aromatic N) is 3. The lowest BCUT2D eigenvalue weighted by molar-refractivity contribution is -0.123. The summed E-state index contributed by atoms with van der Waals surface area (Å²) in [7, 11) is 0. The van der Waals surface area contributed by atoms with Crippen molar-refractivity contribution in [3.8, 4) is 0 Å². The minimum absolute atomic E-state index is 0.0599. The second-order valence-corrected chi connectivity index (χ2v) is 5.73. The zero-order valence-corrected chi connectivity index (χ0v) is 12.8. The van der Waals surface area contributed by atoms with E-state index in [9.17, 15) is 4.79 Å². The third kappa shape index (κ3) is 3.91. The summed E-state index contributed by atoms with van der Waals surface area (Å²) >= 11 is 0. The smallest absolute Gasteiger partial charge is 0.237 e. The zero-order chi connectivity index (χ0) is 15.2. The Bertz CT molecular complexity index is 453. The molecule has 1 aromatic rings. The van der Waals surface area contributed by atoms with Gasteiger partial charge in [0.15, 0.2) is 5.82 Å². The Balaban J connectivity index is 1.89. The molecule has 2 heterocycles. The van der Waals surface area contributed by atoms with Gasteiger partial charge in [-0.15, -0.1) is 5.10 Å². The van der Waals surface area contributed by atoms with Crippen LogP contribution < -0.4 is 16.0 Å². The first-order valence-electron chi connectivity index (χ1n) is 7.71. The second kappa shape index (κ2) is 7.36. The van der Waals surface area contributed by atoms with Gasteiger partial charge >= 0.3 is 0 Å². The van der Waals surface area contributed by atoms with Crippen molar-refractivity contribution < 1.29 is 4.79 Å².